The first-order valence-electron chi connectivity index (χ1n) is 16.5. The van der Waals surface area contributed by atoms with Crippen LogP contribution in [-0.2, 0) is 4.79 Å². The average Bonchev–Trinajstić information content (AvgIpc) is 3.67. The third-order valence-corrected chi connectivity index (χ3v) is 10.6. The Morgan fingerprint density at radius 3 is 2.36 bits per heavy atom. The third kappa shape index (κ3) is 4.62. The number of carbonyl (C=O) groups is 4. The van der Waals surface area contributed by atoms with E-state index >= 15 is 0 Å². The lowest BCUT2D eigenvalue weighted by molar-refractivity contribution is -0.122. The smallest absolute Gasteiger partial charge is 0.343 e. The zero-order valence-corrected chi connectivity index (χ0v) is 25.9. The second-order valence-electron chi connectivity index (χ2n) is 13.4. The topological polar surface area (TPSA) is 127 Å². The molecular weight excluding hydrogens is 598 g/mol. The molecule has 0 aliphatic carbocycles. The molecule has 5 amide bonds. The van der Waals surface area contributed by atoms with E-state index in [1.54, 1.807) is 6.07 Å². The maximum atomic E-state index is 13.4. The summed E-state index contributed by atoms with van der Waals surface area (Å²) in [5.74, 6) is 0.882. The number of urea groups is 1. The first-order valence-corrected chi connectivity index (χ1v) is 16.5. The molecule has 7 heterocycles. The van der Waals surface area contributed by atoms with Gasteiger partial charge >= 0.3 is 6.03 Å². The van der Waals surface area contributed by atoms with E-state index in [1.165, 1.54) is 0 Å². The van der Waals surface area contributed by atoms with E-state index in [0.29, 0.717) is 23.6 Å². The number of piperazine rings is 1. The van der Waals surface area contributed by atoms with Gasteiger partial charge in [-0.2, -0.15) is 9.99 Å². The van der Waals surface area contributed by atoms with Crippen molar-refractivity contribution in [1.29, 1.82) is 0 Å². The van der Waals surface area contributed by atoms with E-state index in [9.17, 15) is 19.2 Å². The number of hydrogen-bond acceptors (Lipinski definition) is 9. The number of hydrogen-bond donors (Lipinski definition) is 1. The van der Waals surface area contributed by atoms with Crippen LogP contribution in [0.5, 0.6) is 0 Å². The monoisotopic (exact) mass is 633 g/mol. The molecule has 2 atom stereocenters. The summed E-state index contributed by atoms with van der Waals surface area (Å²) in [6.07, 6.45) is 6.55. The molecule has 5 aliphatic heterocycles. The minimum absolute atomic E-state index is 0.0102. The molecule has 2 bridgehead atoms. The maximum Gasteiger partial charge on any atom is 0.343 e. The minimum atomic E-state index is -0.753. The highest BCUT2D eigenvalue weighted by molar-refractivity contribution is 6.22. The highest BCUT2D eigenvalue weighted by Crippen LogP contribution is 2.38. The van der Waals surface area contributed by atoms with Crippen molar-refractivity contribution >= 4 is 52.1 Å². The zero-order valence-electron chi connectivity index (χ0n) is 25.9. The molecule has 13 heteroatoms. The normalized spacial score (nSPS) is 23.8. The molecule has 0 spiro atoms. The highest BCUT2D eigenvalue weighted by atomic mass is 16.2. The first-order chi connectivity index (χ1) is 22.9. The van der Waals surface area contributed by atoms with E-state index in [4.69, 9.17) is 9.97 Å². The Morgan fingerprint density at radius 2 is 1.57 bits per heavy atom. The summed E-state index contributed by atoms with van der Waals surface area (Å²) in [4.78, 5) is 67.6. The van der Waals surface area contributed by atoms with Crippen LogP contribution in [0.25, 0.3) is 16.8 Å². The minimum Gasteiger partial charge on any atom is -0.363 e. The van der Waals surface area contributed by atoms with E-state index in [-0.39, 0.29) is 18.5 Å². The number of nitrogens with zero attached hydrogens (tertiary/aromatic N) is 8. The van der Waals surface area contributed by atoms with Gasteiger partial charge in [-0.25, -0.2) is 14.8 Å². The van der Waals surface area contributed by atoms with Crippen molar-refractivity contribution in [2.24, 2.45) is 5.92 Å². The molecule has 1 N–H and O–H groups in total. The molecule has 47 heavy (non-hydrogen) atoms. The number of imidazole rings is 1. The summed E-state index contributed by atoms with van der Waals surface area (Å²) in [6, 6.07) is 15.6. The molecule has 0 saturated carbocycles. The number of imide groups is 2. The predicted octanol–water partition coefficient (Wildman–Crippen LogP) is 2.91. The number of likely N-dealkylation sites (tertiary alicyclic amines) is 1. The van der Waals surface area contributed by atoms with Crippen LogP contribution in [0.4, 0.5) is 16.3 Å². The number of aromatic nitrogens is 3. The van der Waals surface area contributed by atoms with Crippen molar-refractivity contribution in [1.82, 2.24) is 34.6 Å². The molecule has 0 radical (unpaired) electrons. The number of amides is 5. The largest absolute Gasteiger partial charge is 0.363 e. The molecule has 13 nitrogen and oxygen atoms in total. The molecule has 2 unspecified atom stereocenters. The summed E-state index contributed by atoms with van der Waals surface area (Å²) in [7, 11) is 0. The maximum absolute atomic E-state index is 13.4. The van der Waals surface area contributed by atoms with E-state index < -0.39 is 23.8 Å². The van der Waals surface area contributed by atoms with Crippen LogP contribution in [0, 0.1) is 5.92 Å². The van der Waals surface area contributed by atoms with E-state index in [2.05, 4.69) is 38.3 Å². The van der Waals surface area contributed by atoms with Crippen LogP contribution in [-0.4, -0.2) is 104 Å². The molecule has 4 fully saturated rings. The Labute approximate surface area is 270 Å². The zero-order chi connectivity index (χ0) is 31.8. The number of benzene rings is 2. The van der Waals surface area contributed by atoms with Gasteiger partial charge in [-0.3, -0.25) is 29.0 Å². The van der Waals surface area contributed by atoms with Gasteiger partial charge in [0, 0.05) is 63.1 Å². The standard InChI is InChI=1S/C34H35N9O4/c44-30-12-16-41(34(47)37-30)43-31(45)25-8-7-22(17-26(25)32(43)46)42-23-5-6-24(42)20-38(19-23)18-21-9-13-39(14-10-21)29-11-15-40-28-4-2-1-3-27(28)35-33(40)36-29/h1-4,7-8,11,15,17,21,23-24H,5-6,9-10,12-14,16,18-20H2,(H,37,44,47). The van der Waals surface area contributed by atoms with Gasteiger partial charge in [0.25, 0.3) is 11.8 Å². The fraction of sp³-hybridized carbons (Fsp3) is 0.412. The van der Waals surface area contributed by atoms with Crippen molar-refractivity contribution in [2.45, 2.75) is 44.2 Å². The Hall–Kier alpha value is -5.04. The molecule has 2 aromatic heterocycles. The van der Waals surface area contributed by atoms with Crippen molar-refractivity contribution in [2.75, 3.05) is 49.1 Å². The Bertz CT molecular complexity index is 1950. The lowest BCUT2D eigenvalue weighted by Gasteiger charge is -2.44. The highest BCUT2D eigenvalue weighted by Gasteiger charge is 2.45. The molecular formula is C34H35N9O4. The molecule has 9 rings (SSSR count). The first kappa shape index (κ1) is 28.2. The predicted molar refractivity (Wildman–Crippen MR) is 173 cm³/mol. The van der Waals surface area contributed by atoms with Gasteiger partial charge in [-0.05, 0) is 68.0 Å². The van der Waals surface area contributed by atoms with Gasteiger partial charge in [0.05, 0.1) is 28.7 Å². The van der Waals surface area contributed by atoms with Gasteiger partial charge in [-0.15, -0.1) is 0 Å². The average molecular weight is 634 g/mol. The van der Waals surface area contributed by atoms with Gasteiger partial charge in [0.2, 0.25) is 11.7 Å². The van der Waals surface area contributed by atoms with Crippen LogP contribution in [0.1, 0.15) is 52.8 Å². The number of rotatable bonds is 5. The SMILES string of the molecule is O=C1CCN(N2C(=O)c3ccc(N4C5CCC4CN(CC4CCN(c6ccn7c(n6)nc6ccccc67)CC4)C5)cc3C2=O)C(=O)N1. The van der Waals surface area contributed by atoms with Crippen molar-refractivity contribution in [3.05, 3.63) is 65.9 Å². The van der Waals surface area contributed by atoms with Crippen molar-refractivity contribution in [3.8, 4) is 0 Å². The van der Waals surface area contributed by atoms with Gasteiger partial charge in [-0.1, -0.05) is 12.1 Å². The van der Waals surface area contributed by atoms with Gasteiger partial charge in [0.1, 0.15) is 5.82 Å². The van der Waals surface area contributed by atoms with E-state index in [0.717, 1.165) is 96.7 Å². The summed E-state index contributed by atoms with van der Waals surface area (Å²) >= 11 is 0. The van der Waals surface area contributed by atoms with Crippen molar-refractivity contribution in [3.63, 3.8) is 0 Å². The second-order valence-corrected chi connectivity index (χ2v) is 13.4. The molecule has 2 aromatic carbocycles. The van der Waals surface area contributed by atoms with Crippen LogP contribution in [0.2, 0.25) is 0 Å². The van der Waals surface area contributed by atoms with Gasteiger partial charge < -0.3 is 9.80 Å². The third-order valence-electron chi connectivity index (χ3n) is 10.6. The fourth-order valence-corrected chi connectivity index (χ4v) is 8.33. The lowest BCUT2D eigenvalue weighted by atomic mass is 9.95. The molecule has 4 aromatic rings. The Morgan fingerprint density at radius 1 is 0.809 bits per heavy atom. The van der Waals surface area contributed by atoms with Crippen LogP contribution >= 0.6 is 0 Å². The number of fused-ring (bicyclic) bond motifs is 6. The van der Waals surface area contributed by atoms with Crippen molar-refractivity contribution < 1.29 is 19.2 Å². The number of hydrazine groups is 1. The summed E-state index contributed by atoms with van der Waals surface area (Å²) in [5.41, 5.74) is 3.57. The molecule has 5 aliphatic rings. The summed E-state index contributed by atoms with van der Waals surface area (Å²) in [5, 5.41) is 4.10. The number of piperidine rings is 1. The van der Waals surface area contributed by atoms with Gasteiger partial charge in [0.15, 0.2) is 0 Å². The number of para-hydroxylation sites is 2. The number of carbonyl (C=O) groups excluding carboxylic acids is 4. The van der Waals surface area contributed by atoms with Crippen LogP contribution in [0.15, 0.2) is 54.7 Å². The Balaban J connectivity index is 0.837. The molecule has 240 valence electrons. The summed E-state index contributed by atoms with van der Waals surface area (Å²) < 4.78 is 2.05. The van der Waals surface area contributed by atoms with Crippen LogP contribution < -0.4 is 15.1 Å². The molecule has 4 saturated heterocycles. The lowest BCUT2D eigenvalue weighted by Crippen LogP contribution is -2.58. The fourth-order valence-electron chi connectivity index (χ4n) is 8.33. The Kier molecular flexibility index (Phi) is 6.46. The quantitative estimate of drug-likeness (QED) is 0.330. The second kappa shape index (κ2) is 10.8. The number of anilines is 2. The van der Waals surface area contributed by atoms with E-state index in [1.807, 2.05) is 34.7 Å². The summed E-state index contributed by atoms with van der Waals surface area (Å²) in [6.45, 7) is 4.98. The number of nitrogens with one attached hydrogen (secondary N) is 1. The van der Waals surface area contributed by atoms with Crippen LogP contribution in [0.3, 0.4) is 0 Å².